The number of rotatable bonds is 4. The summed E-state index contributed by atoms with van der Waals surface area (Å²) in [5, 5.41) is 3.28. The van der Waals surface area contributed by atoms with Crippen LogP contribution in [0.25, 0.3) is 0 Å². The molecule has 0 spiro atoms. The fraction of sp³-hybridized carbons (Fsp3) is 0.600. The molecule has 0 saturated carbocycles. The molecule has 1 aromatic rings. The number of hydrogen-bond donors (Lipinski definition) is 1. The van der Waals surface area contributed by atoms with Gasteiger partial charge in [0.25, 0.3) is 0 Å². The summed E-state index contributed by atoms with van der Waals surface area (Å²) in [6, 6.07) is 7.18. The molecular weight excluding hydrogens is 330 g/mol. The van der Waals surface area contributed by atoms with Crippen molar-refractivity contribution in [1.29, 1.82) is 0 Å². The third-order valence-corrected chi connectivity index (χ3v) is 5.16. The standard InChI is InChI=1S/C20H29N3O3/c1-3-26-20(25)17-13-15(2)23(18-10-6-5-9-16(18)21-17)19(24)14-22-11-7-4-8-12-22/h5-6,9-10,15,17,21H,3-4,7-8,11-14H2,1-2H3. The normalized spacial score (nSPS) is 23.5. The smallest absolute Gasteiger partial charge is 0.328 e. The monoisotopic (exact) mass is 359 g/mol. The number of nitrogens with one attached hydrogen (secondary N) is 1. The zero-order valence-electron chi connectivity index (χ0n) is 15.7. The second-order valence-corrected chi connectivity index (χ2v) is 7.15. The van der Waals surface area contributed by atoms with Crippen LogP contribution in [0.4, 0.5) is 11.4 Å². The Morgan fingerprint density at radius 1 is 1.19 bits per heavy atom. The number of para-hydroxylation sites is 2. The zero-order valence-corrected chi connectivity index (χ0v) is 15.7. The van der Waals surface area contributed by atoms with Crippen molar-refractivity contribution in [3.63, 3.8) is 0 Å². The van der Waals surface area contributed by atoms with E-state index in [9.17, 15) is 9.59 Å². The number of carbonyl (C=O) groups excluding carboxylic acids is 2. The van der Waals surface area contributed by atoms with Crippen LogP contribution in [0.15, 0.2) is 24.3 Å². The third kappa shape index (κ3) is 4.18. The lowest BCUT2D eigenvalue weighted by atomic mass is 10.1. The van der Waals surface area contributed by atoms with E-state index >= 15 is 0 Å². The quantitative estimate of drug-likeness (QED) is 0.838. The number of hydrogen-bond acceptors (Lipinski definition) is 5. The van der Waals surface area contributed by atoms with Gasteiger partial charge in [0.2, 0.25) is 5.91 Å². The summed E-state index contributed by atoms with van der Waals surface area (Å²) in [5.74, 6) is -0.169. The van der Waals surface area contributed by atoms with E-state index in [-0.39, 0.29) is 17.9 Å². The van der Waals surface area contributed by atoms with E-state index < -0.39 is 6.04 Å². The number of ether oxygens (including phenoxy) is 1. The number of piperidine rings is 1. The SMILES string of the molecule is CCOC(=O)C1CC(C)N(C(=O)CN2CCCCC2)c2ccccc2N1. The molecule has 2 atom stereocenters. The molecule has 142 valence electrons. The first-order chi connectivity index (χ1) is 12.6. The molecular formula is C20H29N3O3. The lowest BCUT2D eigenvalue weighted by molar-refractivity contribution is -0.144. The summed E-state index contributed by atoms with van der Waals surface area (Å²) in [4.78, 5) is 29.5. The number of benzene rings is 1. The summed E-state index contributed by atoms with van der Waals surface area (Å²) in [6.45, 7) is 6.57. The molecule has 3 rings (SSSR count). The van der Waals surface area contributed by atoms with Crippen LogP contribution in [0.5, 0.6) is 0 Å². The summed E-state index contributed by atoms with van der Waals surface area (Å²) in [5.41, 5.74) is 1.65. The van der Waals surface area contributed by atoms with Crippen LogP contribution < -0.4 is 10.2 Å². The number of anilines is 2. The Balaban J connectivity index is 1.82. The van der Waals surface area contributed by atoms with Gasteiger partial charge in [0.15, 0.2) is 0 Å². The van der Waals surface area contributed by atoms with Crippen LogP contribution in [-0.2, 0) is 14.3 Å². The summed E-state index contributed by atoms with van der Waals surface area (Å²) >= 11 is 0. The Morgan fingerprint density at radius 2 is 1.92 bits per heavy atom. The molecule has 6 heteroatoms. The average molecular weight is 359 g/mol. The summed E-state index contributed by atoms with van der Waals surface area (Å²) in [6.07, 6.45) is 4.09. The van der Waals surface area contributed by atoms with Crippen LogP contribution >= 0.6 is 0 Å². The first-order valence-corrected chi connectivity index (χ1v) is 9.66. The maximum Gasteiger partial charge on any atom is 0.328 e. The number of amides is 1. The average Bonchev–Trinajstić information content (AvgIpc) is 2.78. The van der Waals surface area contributed by atoms with Crippen LogP contribution in [-0.4, -0.2) is 55.1 Å². The van der Waals surface area contributed by atoms with Gasteiger partial charge in [0.1, 0.15) is 6.04 Å². The molecule has 1 saturated heterocycles. The van der Waals surface area contributed by atoms with Gasteiger partial charge in [-0.1, -0.05) is 18.6 Å². The van der Waals surface area contributed by atoms with Crippen LogP contribution in [0.1, 0.15) is 39.5 Å². The molecule has 1 N–H and O–H groups in total. The number of likely N-dealkylation sites (tertiary alicyclic amines) is 1. The molecule has 1 aromatic carbocycles. The molecule has 0 aromatic heterocycles. The first-order valence-electron chi connectivity index (χ1n) is 9.66. The Hall–Kier alpha value is -2.08. The van der Waals surface area contributed by atoms with Gasteiger partial charge in [0, 0.05) is 6.04 Å². The molecule has 0 aliphatic carbocycles. The van der Waals surface area contributed by atoms with Gasteiger partial charge in [-0.2, -0.15) is 0 Å². The molecule has 2 aliphatic heterocycles. The lowest BCUT2D eigenvalue weighted by Gasteiger charge is -2.32. The number of fused-ring (bicyclic) bond motifs is 1. The van der Waals surface area contributed by atoms with Gasteiger partial charge in [-0.3, -0.25) is 9.69 Å². The fourth-order valence-electron chi connectivity index (χ4n) is 3.90. The summed E-state index contributed by atoms with van der Waals surface area (Å²) in [7, 11) is 0. The highest BCUT2D eigenvalue weighted by Crippen LogP contribution is 2.33. The minimum Gasteiger partial charge on any atom is -0.464 e. The maximum absolute atomic E-state index is 13.1. The molecule has 1 amide bonds. The van der Waals surface area contributed by atoms with Gasteiger partial charge < -0.3 is 15.0 Å². The second-order valence-electron chi connectivity index (χ2n) is 7.15. The Bertz CT molecular complexity index is 643. The van der Waals surface area contributed by atoms with Crippen molar-refractivity contribution < 1.29 is 14.3 Å². The van der Waals surface area contributed by atoms with Crippen LogP contribution in [0.3, 0.4) is 0 Å². The molecule has 2 heterocycles. The molecule has 6 nitrogen and oxygen atoms in total. The molecule has 2 unspecified atom stereocenters. The first kappa shape index (κ1) is 18.7. The van der Waals surface area contributed by atoms with Crippen molar-refractivity contribution >= 4 is 23.3 Å². The van der Waals surface area contributed by atoms with E-state index in [1.165, 1.54) is 6.42 Å². The van der Waals surface area contributed by atoms with Gasteiger partial charge >= 0.3 is 5.97 Å². The van der Waals surface area contributed by atoms with Crippen molar-refractivity contribution in [3.05, 3.63) is 24.3 Å². The van der Waals surface area contributed by atoms with Gasteiger partial charge in [0.05, 0.1) is 24.5 Å². The van der Waals surface area contributed by atoms with Gasteiger partial charge in [-0.25, -0.2) is 4.79 Å². The Kier molecular flexibility index (Phi) is 6.14. The minimum atomic E-state index is -0.445. The maximum atomic E-state index is 13.1. The van der Waals surface area contributed by atoms with Crippen molar-refractivity contribution in [2.24, 2.45) is 0 Å². The molecule has 0 bridgehead atoms. The molecule has 0 radical (unpaired) electrons. The molecule has 26 heavy (non-hydrogen) atoms. The van der Waals surface area contributed by atoms with Crippen molar-refractivity contribution in [1.82, 2.24) is 4.90 Å². The van der Waals surface area contributed by atoms with E-state index in [1.807, 2.05) is 36.1 Å². The topological polar surface area (TPSA) is 61.9 Å². The zero-order chi connectivity index (χ0) is 18.5. The molecule has 1 fully saturated rings. The van der Waals surface area contributed by atoms with E-state index in [1.54, 1.807) is 6.92 Å². The van der Waals surface area contributed by atoms with Crippen molar-refractivity contribution in [3.8, 4) is 0 Å². The highest BCUT2D eigenvalue weighted by molar-refractivity contribution is 5.99. The minimum absolute atomic E-state index is 0.0853. The largest absolute Gasteiger partial charge is 0.464 e. The lowest BCUT2D eigenvalue weighted by Crippen LogP contribution is -2.47. The van der Waals surface area contributed by atoms with E-state index in [0.29, 0.717) is 19.6 Å². The molecule has 2 aliphatic rings. The van der Waals surface area contributed by atoms with Gasteiger partial charge in [-0.05, 0) is 58.3 Å². The van der Waals surface area contributed by atoms with Crippen molar-refractivity contribution in [2.45, 2.75) is 51.6 Å². The predicted octanol–water partition coefficient (Wildman–Crippen LogP) is 2.64. The second kappa shape index (κ2) is 8.54. The number of carbonyl (C=O) groups is 2. The predicted molar refractivity (Wildman–Crippen MR) is 102 cm³/mol. The highest BCUT2D eigenvalue weighted by Gasteiger charge is 2.34. The van der Waals surface area contributed by atoms with E-state index in [0.717, 1.165) is 37.3 Å². The van der Waals surface area contributed by atoms with Gasteiger partial charge in [-0.15, -0.1) is 0 Å². The number of esters is 1. The number of nitrogens with zero attached hydrogens (tertiary/aromatic N) is 2. The van der Waals surface area contributed by atoms with E-state index in [2.05, 4.69) is 10.2 Å². The Labute approximate surface area is 155 Å². The van der Waals surface area contributed by atoms with E-state index in [4.69, 9.17) is 4.74 Å². The third-order valence-electron chi connectivity index (χ3n) is 5.16. The highest BCUT2D eigenvalue weighted by atomic mass is 16.5. The van der Waals surface area contributed by atoms with Crippen LogP contribution in [0, 0.1) is 0 Å². The fourth-order valence-corrected chi connectivity index (χ4v) is 3.90. The van der Waals surface area contributed by atoms with Crippen LogP contribution in [0.2, 0.25) is 0 Å². The Morgan fingerprint density at radius 3 is 2.65 bits per heavy atom. The summed E-state index contributed by atoms with van der Waals surface area (Å²) < 4.78 is 5.20. The van der Waals surface area contributed by atoms with Crippen molar-refractivity contribution in [2.75, 3.05) is 36.5 Å².